The van der Waals surface area contributed by atoms with Crippen LogP contribution in [0.5, 0.6) is 5.75 Å². The van der Waals surface area contributed by atoms with Gasteiger partial charge >= 0.3 is 0 Å². The molecule has 7 heteroatoms. The van der Waals surface area contributed by atoms with Crippen LogP contribution in [-0.4, -0.2) is 45.6 Å². The molecule has 0 saturated carbocycles. The number of ether oxygens (including phenoxy) is 1. The average Bonchev–Trinajstić information content (AvgIpc) is 3.31. The number of aromatic nitrogens is 2. The first-order valence-corrected chi connectivity index (χ1v) is 10.8. The zero-order valence-corrected chi connectivity index (χ0v) is 18.8. The van der Waals surface area contributed by atoms with Crippen molar-refractivity contribution in [3.8, 4) is 34.8 Å². The van der Waals surface area contributed by atoms with E-state index in [1.807, 2.05) is 61.5 Å². The minimum absolute atomic E-state index is 0.0382. The Labute approximate surface area is 194 Å². The van der Waals surface area contributed by atoms with Gasteiger partial charge in [-0.25, -0.2) is 4.98 Å². The second kappa shape index (κ2) is 11.8. The van der Waals surface area contributed by atoms with E-state index in [0.717, 1.165) is 22.4 Å². The summed E-state index contributed by atoms with van der Waals surface area (Å²) in [4.78, 5) is 4.13. The topological polar surface area (TPSA) is 103 Å². The van der Waals surface area contributed by atoms with Crippen molar-refractivity contribution < 1.29 is 14.9 Å². The van der Waals surface area contributed by atoms with E-state index in [2.05, 4.69) is 22.1 Å². The molecule has 2 aromatic carbocycles. The van der Waals surface area contributed by atoms with E-state index in [4.69, 9.17) is 10.00 Å². The van der Waals surface area contributed by atoms with E-state index in [1.54, 1.807) is 23.9 Å². The quantitative estimate of drug-likeness (QED) is 0.266. The van der Waals surface area contributed by atoms with Crippen molar-refractivity contribution in [2.24, 2.45) is 0 Å². The Balaban J connectivity index is 1.65. The molecule has 1 aromatic heterocycles. The third kappa shape index (κ3) is 6.68. The number of hydrogen-bond acceptors (Lipinski definition) is 6. The zero-order chi connectivity index (χ0) is 23.6. The van der Waals surface area contributed by atoms with Gasteiger partial charge in [0, 0.05) is 24.5 Å². The maximum Gasteiger partial charge on any atom is 0.138 e. The molecular formula is C26H28N4O3. The molecule has 0 amide bonds. The van der Waals surface area contributed by atoms with E-state index in [-0.39, 0.29) is 12.7 Å². The summed E-state index contributed by atoms with van der Waals surface area (Å²) in [6.45, 7) is 4.32. The van der Waals surface area contributed by atoms with Gasteiger partial charge in [-0.3, -0.25) is 0 Å². The van der Waals surface area contributed by atoms with Crippen molar-refractivity contribution in [3.63, 3.8) is 0 Å². The largest absolute Gasteiger partial charge is 0.489 e. The van der Waals surface area contributed by atoms with Crippen LogP contribution >= 0.6 is 0 Å². The lowest BCUT2D eigenvalue weighted by Gasteiger charge is -2.15. The average molecular weight is 445 g/mol. The van der Waals surface area contributed by atoms with Gasteiger partial charge in [-0.2, -0.15) is 5.26 Å². The Morgan fingerprint density at radius 1 is 1.09 bits per heavy atom. The number of hydrogen-bond donors (Lipinski definition) is 3. The van der Waals surface area contributed by atoms with Crippen LogP contribution in [0.2, 0.25) is 0 Å². The second-order valence-corrected chi connectivity index (χ2v) is 7.66. The minimum atomic E-state index is -0.740. The summed E-state index contributed by atoms with van der Waals surface area (Å²) in [5, 5.41) is 31.2. The molecule has 0 saturated heterocycles. The summed E-state index contributed by atoms with van der Waals surface area (Å²) < 4.78 is 7.55. The van der Waals surface area contributed by atoms with Gasteiger partial charge in [-0.1, -0.05) is 36.1 Å². The van der Waals surface area contributed by atoms with Crippen LogP contribution in [0.3, 0.4) is 0 Å². The van der Waals surface area contributed by atoms with Crippen LogP contribution in [0, 0.1) is 23.2 Å². The zero-order valence-electron chi connectivity index (χ0n) is 18.8. The standard InChI is InChI=1S/C26H28N4O3/c1-19(17-28-14-13-27)33-25-11-8-23(9-12-25)22-6-3-21(4-7-22)5-10-24(18-31)30-16-15-29-26(30)20(2)32/h3-4,6-9,11-12,15-16,19-20,24,28,31-32H,14,17-18H2,1-2H3/t19?,20-,24-/m0/s1. The molecule has 0 aliphatic heterocycles. The summed E-state index contributed by atoms with van der Waals surface area (Å²) in [5.41, 5.74) is 2.94. The van der Waals surface area contributed by atoms with Crippen molar-refractivity contribution in [1.82, 2.24) is 14.9 Å². The molecule has 3 rings (SSSR count). The maximum absolute atomic E-state index is 9.83. The van der Waals surface area contributed by atoms with Gasteiger partial charge in [-0.05, 0) is 49.2 Å². The van der Waals surface area contributed by atoms with E-state index in [1.165, 1.54) is 0 Å². The lowest BCUT2D eigenvalue weighted by Crippen LogP contribution is -2.29. The molecule has 3 aromatic rings. The number of benzene rings is 2. The molecule has 1 unspecified atom stereocenters. The molecule has 0 aliphatic rings. The molecule has 1 heterocycles. The van der Waals surface area contributed by atoms with Crippen LogP contribution in [0.15, 0.2) is 60.9 Å². The predicted octanol–water partition coefficient (Wildman–Crippen LogP) is 3.07. The summed E-state index contributed by atoms with van der Waals surface area (Å²) in [7, 11) is 0. The van der Waals surface area contributed by atoms with Crippen molar-refractivity contribution in [2.75, 3.05) is 19.7 Å². The summed E-state index contributed by atoms with van der Waals surface area (Å²) in [6, 6.07) is 17.3. The van der Waals surface area contributed by atoms with Crippen molar-refractivity contribution in [2.45, 2.75) is 32.1 Å². The molecular weight excluding hydrogens is 416 g/mol. The minimum Gasteiger partial charge on any atom is -0.489 e. The van der Waals surface area contributed by atoms with E-state index in [9.17, 15) is 10.2 Å². The number of aliphatic hydroxyl groups excluding tert-OH is 2. The van der Waals surface area contributed by atoms with Crippen LogP contribution in [0.25, 0.3) is 11.1 Å². The summed E-state index contributed by atoms with van der Waals surface area (Å²) in [5.74, 6) is 7.40. The van der Waals surface area contributed by atoms with Gasteiger partial charge in [0.15, 0.2) is 0 Å². The highest BCUT2D eigenvalue weighted by Crippen LogP contribution is 2.23. The third-order valence-corrected chi connectivity index (χ3v) is 5.01. The van der Waals surface area contributed by atoms with Crippen molar-refractivity contribution in [3.05, 3.63) is 72.3 Å². The molecule has 0 bridgehead atoms. The number of nitrogens with zero attached hydrogens (tertiary/aromatic N) is 3. The highest BCUT2D eigenvalue weighted by Gasteiger charge is 2.14. The molecule has 0 aliphatic carbocycles. The molecule has 170 valence electrons. The first-order chi connectivity index (χ1) is 16.0. The first kappa shape index (κ1) is 24.0. The Hall–Kier alpha value is -3.62. The summed E-state index contributed by atoms with van der Waals surface area (Å²) in [6.07, 6.45) is 2.51. The molecule has 3 atom stereocenters. The fourth-order valence-corrected chi connectivity index (χ4v) is 3.36. The smallest absolute Gasteiger partial charge is 0.138 e. The monoisotopic (exact) mass is 444 g/mol. The van der Waals surface area contributed by atoms with Crippen LogP contribution in [0.4, 0.5) is 0 Å². The number of nitrogens with one attached hydrogen (secondary N) is 1. The Kier molecular flexibility index (Phi) is 8.63. The third-order valence-electron chi connectivity index (χ3n) is 5.01. The van der Waals surface area contributed by atoms with Crippen LogP contribution in [-0.2, 0) is 0 Å². The Morgan fingerprint density at radius 2 is 1.76 bits per heavy atom. The molecule has 33 heavy (non-hydrogen) atoms. The van der Waals surface area contributed by atoms with E-state index >= 15 is 0 Å². The molecule has 0 spiro atoms. The van der Waals surface area contributed by atoms with Crippen LogP contribution in [0.1, 0.15) is 37.4 Å². The number of imidazole rings is 1. The lowest BCUT2D eigenvalue weighted by atomic mass is 10.0. The summed E-state index contributed by atoms with van der Waals surface area (Å²) >= 11 is 0. The normalized spacial score (nSPS) is 13.3. The van der Waals surface area contributed by atoms with Gasteiger partial charge in [-0.15, -0.1) is 0 Å². The van der Waals surface area contributed by atoms with E-state index < -0.39 is 12.1 Å². The molecule has 0 fully saturated rings. The fourth-order valence-electron chi connectivity index (χ4n) is 3.36. The molecule has 3 N–H and O–H groups in total. The van der Waals surface area contributed by atoms with Gasteiger partial charge in [0.1, 0.15) is 29.8 Å². The van der Waals surface area contributed by atoms with E-state index in [0.29, 0.717) is 18.9 Å². The SMILES string of the molecule is CC(CNCC#N)Oc1ccc(-c2ccc(C#C[C@@H](CO)n3ccnc3[C@H](C)O)cc2)cc1. The highest BCUT2D eigenvalue weighted by molar-refractivity contribution is 5.65. The van der Waals surface area contributed by atoms with Gasteiger partial charge in [0.2, 0.25) is 0 Å². The molecule has 0 radical (unpaired) electrons. The van der Waals surface area contributed by atoms with Crippen molar-refractivity contribution in [1.29, 1.82) is 5.26 Å². The second-order valence-electron chi connectivity index (χ2n) is 7.66. The van der Waals surface area contributed by atoms with Gasteiger partial charge < -0.3 is 24.8 Å². The number of nitriles is 1. The maximum atomic E-state index is 9.83. The lowest BCUT2D eigenvalue weighted by molar-refractivity contribution is 0.176. The fraction of sp³-hybridized carbons (Fsp3) is 0.308. The highest BCUT2D eigenvalue weighted by atomic mass is 16.5. The van der Waals surface area contributed by atoms with Gasteiger partial charge in [0.05, 0.1) is 19.2 Å². The Bertz CT molecular complexity index is 1120. The molecule has 7 nitrogen and oxygen atoms in total. The Morgan fingerprint density at radius 3 is 2.36 bits per heavy atom. The predicted molar refractivity (Wildman–Crippen MR) is 126 cm³/mol. The number of aliphatic hydroxyl groups is 2. The van der Waals surface area contributed by atoms with Crippen molar-refractivity contribution >= 4 is 0 Å². The van der Waals surface area contributed by atoms with Crippen LogP contribution < -0.4 is 10.1 Å². The van der Waals surface area contributed by atoms with Gasteiger partial charge in [0.25, 0.3) is 0 Å². The number of rotatable bonds is 9. The first-order valence-electron chi connectivity index (χ1n) is 10.8.